The van der Waals surface area contributed by atoms with Crippen LogP contribution in [0.5, 0.6) is 0 Å². The average Bonchev–Trinajstić information content (AvgIpc) is 2.84. The average molecular weight is 316 g/mol. The minimum absolute atomic E-state index is 0.104. The summed E-state index contributed by atoms with van der Waals surface area (Å²) in [7, 11) is 4.27. The van der Waals surface area contributed by atoms with Crippen molar-refractivity contribution in [1.29, 1.82) is 0 Å². The highest BCUT2D eigenvalue weighted by Crippen LogP contribution is 2.73. The van der Waals surface area contributed by atoms with Crippen LogP contribution in [0.1, 0.15) is 52.0 Å². The standard InChI is InChI=1S/C21H33NO/c1-19(2)18-12-13-20(19,3)21(16-18,17-10-7-6-8-11-17)23-15-9-14-22(4)5/h6-8,10-11,18H,9,12-16H2,1-5H3. The first-order chi connectivity index (χ1) is 10.8. The maximum Gasteiger partial charge on any atom is 0.0992 e. The Bertz CT molecular complexity index is 538. The maximum atomic E-state index is 6.77. The van der Waals surface area contributed by atoms with Gasteiger partial charge in [0.25, 0.3) is 0 Å². The Morgan fingerprint density at radius 1 is 1.13 bits per heavy atom. The van der Waals surface area contributed by atoms with Gasteiger partial charge in [-0.25, -0.2) is 0 Å². The lowest BCUT2D eigenvalue weighted by molar-refractivity contribution is -0.147. The predicted octanol–water partition coefficient (Wildman–Crippen LogP) is 4.70. The first-order valence-electron chi connectivity index (χ1n) is 9.18. The van der Waals surface area contributed by atoms with E-state index in [0.717, 1.165) is 25.5 Å². The monoisotopic (exact) mass is 315 g/mol. The lowest BCUT2D eigenvalue weighted by Crippen LogP contribution is -2.47. The van der Waals surface area contributed by atoms with Crippen LogP contribution >= 0.6 is 0 Å². The second-order valence-electron chi connectivity index (χ2n) is 8.69. The lowest BCUT2D eigenvalue weighted by atomic mass is 9.62. The van der Waals surface area contributed by atoms with Crippen molar-refractivity contribution in [1.82, 2.24) is 4.90 Å². The highest BCUT2D eigenvalue weighted by Gasteiger charge is 2.69. The highest BCUT2D eigenvalue weighted by atomic mass is 16.5. The van der Waals surface area contributed by atoms with Gasteiger partial charge in [-0.2, -0.15) is 0 Å². The normalized spacial score (nSPS) is 35.1. The van der Waals surface area contributed by atoms with E-state index < -0.39 is 0 Å². The Hall–Kier alpha value is -0.860. The minimum atomic E-state index is -0.104. The van der Waals surface area contributed by atoms with E-state index in [-0.39, 0.29) is 11.0 Å². The molecule has 2 bridgehead atoms. The van der Waals surface area contributed by atoms with Crippen molar-refractivity contribution < 1.29 is 4.74 Å². The number of ether oxygens (including phenoxy) is 1. The van der Waals surface area contributed by atoms with E-state index >= 15 is 0 Å². The van der Waals surface area contributed by atoms with E-state index in [0.29, 0.717) is 5.41 Å². The van der Waals surface area contributed by atoms with E-state index in [1.54, 1.807) is 0 Å². The first kappa shape index (κ1) is 17.0. The van der Waals surface area contributed by atoms with Gasteiger partial charge in [0.05, 0.1) is 5.60 Å². The van der Waals surface area contributed by atoms with Crippen LogP contribution in [0.3, 0.4) is 0 Å². The molecule has 0 saturated heterocycles. The van der Waals surface area contributed by atoms with Gasteiger partial charge in [-0.05, 0) is 63.2 Å². The zero-order valence-corrected chi connectivity index (χ0v) is 15.6. The summed E-state index contributed by atoms with van der Waals surface area (Å²) in [5, 5.41) is 0. The molecule has 1 aromatic carbocycles. The van der Waals surface area contributed by atoms with Gasteiger partial charge in [-0.1, -0.05) is 51.1 Å². The van der Waals surface area contributed by atoms with Gasteiger partial charge in [0, 0.05) is 12.0 Å². The van der Waals surface area contributed by atoms with Crippen molar-refractivity contribution in [3.05, 3.63) is 35.9 Å². The van der Waals surface area contributed by atoms with Crippen molar-refractivity contribution in [3.63, 3.8) is 0 Å². The quantitative estimate of drug-likeness (QED) is 0.706. The van der Waals surface area contributed by atoms with Crippen molar-refractivity contribution >= 4 is 0 Å². The molecule has 0 amide bonds. The molecule has 2 fully saturated rings. The van der Waals surface area contributed by atoms with Crippen LogP contribution < -0.4 is 0 Å². The predicted molar refractivity (Wildman–Crippen MR) is 96.5 cm³/mol. The summed E-state index contributed by atoms with van der Waals surface area (Å²) in [5.41, 5.74) is 1.87. The lowest BCUT2D eigenvalue weighted by Gasteiger charge is -2.49. The number of nitrogens with zero attached hydrogens (tertiary/aromatic N) is 1. The Morgan fingerprint density at radius 2 is 1.83 bits per heavy atom. The molecule has 128 valence electrons. The molecular formula is C21H33NO. The van der Waals surface area contributed by atoms with E-state index in [4.69, 9.17) is 4.74 Å². The highest BCUT2D eigenvalue weighted by molar-refractivity contribution is 5.32. The molecule has 2 aliphatic carbocycles. The van der Waals surface area contributed by atoms with Gasteiger partial charge < -0.3 is 9.64 Å². The Balaban J connectivity index is 1.90. The molecular weight excluding hydrogens is 282 g/mol. The smallest absolute Gasteiger partial charge is 0.0992 e. The molecule has 3 unspecified atom stereocenters. The number of fused-ring (bicyclic) bond motifs is 2. The molecule has 23 heavy (non-hydrogen) atoms. The Kier molecular flexibility index (Phi) is 4.35. The van der Waals surface area contributed by atoms with E-state index in [9.17, 15) is 0 Å². The molecule has 2 heteroatoms. The van der Waals surface area contributed by atoms with Gasteiger partial charge in [0.15, 0.2) is 0 Å². The van der Waals surface area contributed by atoms with Crippen LogP contribution in [-0.4, -0.2) is 32.1 Å². The summed E-state index contributed by atoms with van der Waals surface area (Å²) < 4.78 is 6.77. The third-order valence-corrected chi connectivity index (χ3v) is 7.20. The van der Waals surface area contributed by atoms with Crippen LogP contribution in [0.2, 0.25) is 0 Å². The summed E-state index contributed by atoms with van der Waals surface area (Å²) in [5.74, 6) is 0.779. The molecule has 0 spiro atoms. The maximum absolute atomic E-state index is 6.77. The fourth-order valence-electron chi connectivity index (χ4n) is 5.32. The van der Waals surface area contributed by atoms with Gasteiger partial charge in [0.2, 0.25) is 0 Å². The SMILES string of the molecule is CN(C)CCCOC1(c2ccccc2)CC2CCC1(C)C2(C)C. The van der Waals surface area contributed by atoms with Crippen LogP contribution in [0.15, 0.2) is 30.3 Å². The van der Waals surface area contributed by atoms with Crippen molar-refractivity contribution in [2.75, 3.05) is 27.2 Å². The van der Waals surface area contributed by atoms with Gasteiger partial charge in [-0.3, -0.25) is 0 Å². The van der Waals surface area contributed by atoms with E-state index in [1.807, 2.05) is 0 Å². The number of benzene rings is 1. The van der Waals surface area contributed by atoms with E-state index in [1.165, 1.54) is 24.8 Å². The van der Waals surface area contributed by atoms with Gasteiger partial charge in [0.1, 0.15) is 0 Å². The molecule has 0 heterocycles. The van der Waals surface area contributed by atoms with Crippen LogP contribution in [0.4, 0.5) is 0 Å². The summed E-state index contributed by atoms with van der Waals surface area (Å²) in [4.78, 5) is 2.24. The minimum Gasteiger partial charge on any atom is -0.370 e. The molecule has 0 aliphatic heterocycles. The van der Waals surface area contributed by atoms with Crippen molar-refractivity contribution in [3.8, 4) is 0 Å². The molecule has 3 rings (SSSR count). The fraction of sp³-hybridized carbons (Fsp3) is 0.714. The third kappa shape index (κ3) is 2.46. The van der Waals surface area contributed by atoms with Crippen LogP contribution in [0.25, 0.3) is 0 Å². The summed E-state index contributed by atoms with van der Waals surface area (Å²) in [6.07, 6.45) is 4.93. The second kappa shape index (κ2) is 5.89. The molecule has 0 N–H and O–H groups in total. The third-order valence-electron chi connectivity index (χ3n) is 7.20. The summed E-state index contributed by atoms with van der Waals surface area (Å²) >= 11 is 0. The van der Waals surface area contributed by atoms with Crippen LogP contribution in [-0.2, 0) is 10.3 Å². The fourth-order valence-corrected chi connectivity index (χ4v) is 5.32. The van der Waals surface area contributed by atoms with Crippen molar-refractivity contribution in [2.24, 2.45) is 16.7 Å². The molecule has 0 radical (unpaired) electrons. The number of hydrogen-bond donors (Lipinski definition) is 0. The van der Waals surface area contributed by atoms with Gasteiger partial charge in [-0.15, -0.1) is 0 Å². The molecule has 3 atom stereocenters. The van der Waals surface area contributed by atoms with Gasteiger partial charge >= 0.3 is 0 Å². The zero-order chi connectivity index (χ0) is 16.7. The van der Waals surface area contributed by atoms with Crippen LogP contribution in [0, 0.1) is 16.7 Å². The summed E-state index contributed by atoms with van der Waals surface area (Å²) in [6, 6.07) is 11.0. The summed E-state index contributed by atoms with van der Waals surface area (Å²) in [6.45, 7) is 9.37. The molecule has 0 aromatic heterocycles. The Morgan fingerprint density at radius 3 is 2.35 bits per heavy atom. The first-order valence-corrected chi connectivity index (χ1v) is 9.18. The van der Waals surface area contributed by atoms with Crippen molar-refractivity contribution in [2.45, 2.75) is 52.1 Å². The van der Waals surface area contributed by atoms with E-state index in [2.05, 4.69) is 70.1 Å². The largest absolute Gasteiger partial charge is 0.370 e. The molecule has 2 nitrogen and oxygen atoms in total. The number of rotatable bonds is 6. The molecule has 2 saturated carbocycles. The second-order valence-corrected chi connectivity index (χ2v) is 8.69. The molecule has 2 aliphatic rings. The topological polar surface area (TPSA) is 12.5 Å². The zero-order valence-electron chi connectivity index (χ0n) is 15.6. The Labute approximate surface area is 142 Å². The molecule has 1 aromatic rings. The number of hydrogen-bond acceptors (Lipinski definition) is 2.